The number of hydrogen-bond acceptors (Lipinski definition) is 7. The molecule has 0 radical (unpaired) electrons. The van der Waals surface area contributed by atoms with Gasteiger partial charge >= 0.3 is 0 Å². The van der Waals surface area contributed by atoms with Crippen LogP contribution in [0.15, 0.2) is 10.6 Å². The maximum atomic E-state index is 5.15. The van der Waals surface area contributed by atoms with Gasteiger partial charge in [-0.15, -0.1) is 0 Å². The topological polar surface area (TPSA) is 85.1 Å². The summed E-state index contributed by atoms with van der Waals surface area (Å²) in [6.45, 7) is 7.63. The average Bonchev–Trinajstić information content (AvgIpc) is 2.76. The zero-order valence-electron chi connectivity index (χ0n) is 12.9. The van der Waals surface area contributed by atoms with Crippen molar-refractivity contribution >= 4 is 11.6 Å². The minimum Gasteiger partial charge on any atom is -0.377 e. The lowest BCUT2D eigenvalue weighted by molar-refractivity contribution is 0.178. The Hall–Kier alpha value is -2.15. The van der Waals surface area contributed by atoms with Gasteiger partial charge in [0.1, 0.15) is 24.0 Å². The van der Waals surface area contributed by atoms with Crippen molar-refractivity contribution in [2.24, 2.45) is 0 Å². The Balaban J connectivity index is 2.14. The van der Waals surface area contributed by atoms with Gasteiger partial charge in [-0.05, 0) is 20.8 Å². The molecule has 21 heavy (non-hydrogen) atoms. The van der Waals surface area contributed by atoms with Crippen LogP contribution in [0.25, 0.3) is 0 Å². The normalized spacial score (nSPS) is 10.7. The highest BCUT2D eigenvalue weighted by molar-refractivity contribution is 5.48. The Bertz CT molecular complexity index is 553. The third-order valence-corrected chi connectivity index (χ3v) is 3.03. The van der Waals surface area contributed by atoms with Crippen molar-refractivity contribution in [3.8, 4) is 0 Å². The smallest absolute Gasteiger partial charge is 0.158 e. The number of anilines is 2. The molecule has 0 saturated heterocycles. The summed E-state index contributed by atoms with van der Waals surface area (Å²) in [5.74, 6) is 2.98. The zero-order chi connectivity index (χ0) is 15.2. The lowest BCUT2D eigenvalue weighted by atomic mass is 10.2. The second-order valence-electron chi connectivity index (χ2n) is 4.67. The van der Waals surface area contributed by atoms with Crippen molar-refractivity contribution in [2.45, 2.75) is 33.9 Å². The monoisotopic (exact) mass is 291 g/mol. The predicted octanol–water partition coefficient (Wildman–Crippen LogP) is 2.27. The van der Waals surface area contributed by atoms with Crippen molar-refractivity contribution in [3.05, 3.63) is 28.9 Å². The van der Waals surface area contributed by atoms with Gasteiger partial charge in [0.25, 0.3) is 0 Å². The highest BCUT2D eigenvalue weighted by atomic mass is 16.5. The number of hydrogen-bond donors (Lipinski definition) is 2. The third-order valence-electron chi connectivity index (χ3n) is 3.03. The highest BCUT2D eigenvalue weighted by Crippen LogP contribution is 2.16. The van der Waals surface area contributed by atoms with E-state index in [1.54, 1.807) is 7.11 Å². The molecule has 0 spiro atoms. The first-order chi connectivity index (χ1) is 10.1. The van der Waals surface area contributed by atoms with Gasteiger partial charge in [0.05, 0.1) is 5.69 Å². The lowest BCUT2D eigenvalue weighted by Crippen LogP contribution is -2.09. The molecule has 2 N–H and O–H groups in total. The number of nitrogens with zero attached hydrogens (tertiary/aromatic N) is 3. The summed E-state index contributed by atoms with van der Waals surface area (Å²) in [4.78, 5) is 8.80. The second kappa shape index (κ2) is 7.03. The van der Waals surface area contributed by atoms with E-state index in [0.717, 1.165) is 35.2 Å². The van der Waals surface area contributed by atoms with Gasteiger partial charge in [-0.3, -0.25) is 0 Å². The molecule has 0 amide bonds. The van der Waals surface area contributed by atoms with Crippen LogP contribution in [0.4, 0.5) is 11.6 Å². The molecule has 0 atom stereocenters. The number of ether oxygens (including phenoxy) is 1. The Morgan fingerprint density at radius 3 is 2.48 bits per heavy atom. The van der Waals surface area contributed by atoms with Gasteiger partial charge in [0, 0.05) is 31.8 Å². The van der Waals surface area contributed by atoms with Gasteiger partial charge in [-0.2, -0.15) is 0 Å². The second-order valence-corrected chi connectivity index (χ2v) is 4.67. The number of rotatable bonds is 7. The maximum Gasteiger partial charge on any atom is 0.158 e. The number of methoxy groups -OCH3 is 1. The predicted molar refractivity (Wildman–Crippen MR) is 80.2 cm³/mol. The molecular formula is C14H21N5O2. The van der Waals surface area contributed by atoms with E-state index in [4.69, 9.17) is 9.26 Å². The Morgan fingerprint density at radius 2 is 1.90 bits per heavy atom. The van der Waals surface area contributed by atoms with Crippen LogP contribution >= 0.6 is 0 Å². The lowest BCUT2D eigenvalue weighted by Gasteiger charge is -2.10. The van der Waals surface area contributed by atoms with E-state index >= 15 is 0 Å². The molecule has 2 heterocycles. The molecule has 0 aliphatic heterocycles. The molecule has 0 aliphatic rings. The molecule has 0 unspecified atom stereocenters. The van der Waals surface area contributed by atoms with Gasteiger partial charge in [0.15, 0.2) is 5.82 Å². The molecular weight excluding hydrogens is 270 g/mol. The molecule has 7 nitrogen and oxygen atoms in total. The first-order valence-corrected chi connectivity index (χ1v) is 6.90. The van der Waals surface area contributed by atoms with Crippen LogP contribution in [0.5, 0.6) is 0 Å². The molecule has 114 valence electrons. The quantitative estimate of drug-likeness (QED) is 0.809. The fraction of sp³-hybridized carbons (Fsp3) is 0.500. The van der Waals surface area contributed by atoms with Crippen LogP contribution < -0.4 is 10.6 Å². The highest BCUT2D eigenvalue weighted by Gasteiger charge is 2.10. The van der Waals surface area contributed by atoms with Crippen LogP contribution in [0.2, 0.25) is 0 Å². The minimum absolute atomic E-state index is 0.374. The summed E-state index contributed by atoms with van der Waals surface area (Å²) in [5.41, 5.74) is 1.94. The van der Waals surface area contributed by atoms with E-state index in [2.05, 4.69) is 25.8 Å². The van der Waals surface area contributed by atoms with Crippen molar-refractivity contribution in [1.82, 2.24) is 15.1 Å². The minimum atomic E-state index is 0.374. The van der Waals surface area contributed by atoms with Crippen molar-refractivity contribution < 1.29 is 9.26 Å². The summed E-state index contributed by atoms with van der Waals surface area (Å²) in [5, 5.41) is 10.4. The average molecular weight is 291 g/mol. The van der Waals surface area contributed by atoms with Crippen LogP contribution in [0.1, 0.15) is 29.8 Å². The van der Waals surface area contributed by atoms with E-state index < -0.39 is 0 Å². The van der Waals surface area contributed by atoms with E-state index in [0.29, 0.717) is 19.0 Å². The Kier molecular flexibility index (Phi) is 5.10. The summed E-state index contributed by atoms with van der Waals surface area (Å²) >= 11 is 0. The zero-order valence-corrected chi connectivity index (χ0v) is 12.9. The molecule has 2 aromatic rings. The van der Waals surface area contributed by atoms with E-state index in [9.17, 15) is 0 Å². The molecule has 7 heteroatoms. The van der Waals surface area contributed by atoms with Crippen LogP contribution in [-0.4, -0.2) is 28.8 Å². The summed E-state index contributed by atoms with van der Waals surface area (Å²) in [7, 11) is 1.63. The fourth-order valence-corrected chi connectivity index (χ4v) is 1.99. The third kappa shape index (κ3) is 3.91. The first-order valence-electron chi connectivity index (χ1n) is 6.90. The van der Waals surface area contributed by atoms with Crippen LogP contribution in [0.3, 0.4) is 0 Å². The first kappa shape index (κ1) is 15.2. The number of aromatic nitrogens is 3. The SMILES string of the molecule is CCNc1cc(NCc2c(C)noc2C)nc(COC)n1. The standard InChI is InChI=1S/C14H21N5O2/c1-5-15-12-6-13(18-14(17-12)8-20-4)16-7-11-9(2)19-21-10(11)3/h6H,5,7-8H2,1-4H3,(H2,15,16,17,18). The summed E-state index contributed by atoms with van der Waals surface area (Å²) in [6, 6.07) is 1.88. The van der Waals surface area contributed by atoms with Gasteiger partial charge < -0.3 is 19.9 Å². The molecule has 0 fully saturated rings. The molecule has 0 aromatic carbocycles. The van der Waals surface area contributed by atoms with Gasteiger partial charge in [0.2, 0.25) is 0 Å². The van der Waals surface area contributed by atoms with Crippen molar-refractivity contribution in [3.63, 3.8) is 0 Å². The molecule has 0 saturated carbocycles. The fourth-order valence-electron chi connectivity index (χ4n) is 1.99. The van der Waals surface area contributed by atoms with Gasteiger partial charge in [-0.25, -0.2) is 9.97 Å². The van der Waals surface area contributed by atoms with E-state index in [1.807, 2.05) is 26.8 Å². The van der Waals surface area contributed by atoms with Crippen LogP contribution in [-0.2, 0) is 17.9 Å². The van der Waals surface area contributed by atoms with Gasteiger partial charge in [-0.1, -0.05) is 5.16 Å². The van der Waals surface area contributed by atoms with Crippen molar-refractivity contribution in [2.75, 3.05) is 24.3 Å². The number of nitrogens with one attached hydrogen (secondary N) is 2. The maximum absolute atomic E-state index is 5.15. The molecule has 2 aromatic heterocycles. The van der Waals surface area contributed by atoms with E-state index in [1.165, 1.54) is 0 Å². The van der Waals surface area contributed by atoms with E-state index in [-0.39, 0.29) is 0 Å². The van der Waals surface area contributed by atoms with Crippen molar-refractivity contribution in [1.29, 1.82) is 0 Å². The largest absolute Gasteiger partial charge is 0.377 e. The van der Waals surface area contributed by atoms with Crippen LogP contribution in [0, 0.1) is 13.8 Å². The molecule has 2 rings (SSSR count). The Morgan fingerprint density at radius 1 is 1.19 bits per heavy atom. The molecule has 0 aliphatic carbocycles. The Labute approximate surface area is 124 Å². The summed E-state index contributed by atoms with van der Waals surface area (Å²) in [6.07, 6.45) is 0. The number of aryl methyl sites for hydroxylation is 2. The summed E-state index contributed by atoms with van der Waals surface area (Å²) < 4.78 is 10.3. The molecule has 0 bridgehead atoms.